The number of rotatable bonds is 5. The Morgan fingerprint density at radius 2 is 1.94 bits per heavy atom. The van der Waals surface area contributed by atoms with Crippen LogP contribution in [0.1, 0.15) is 18.2 Å². The number of nitrogens with zero attached hydrogens (tertiary/aromatic N) is 5. The molecule has 0 bridgehead atoms. The van der Waals surface area contributed by atoms with E-state index in [-0.39, 0.29) is 5.91 Å². The summed E-state index contributed by atoms with van der Waals surface area (Å²) in [6.45, 7) is 3.90. The zero-order valence-corrected chi connectivity index (χ0v) is 19.8. The fraction of sp³-hybridized carbons (Fsp3) is 0.120. The lowest BCUT2D eigenvalue weighted by Crippen LogP contribution is -2.09. The fourth-order valence-corrected chi connectivity index (χ4v) is 4.85. The van der Waals surface area contributed by atoms with E-state index in [1.165, 1.54) is 4.88 Å². The van der Waals surface area contributed by atoms with Crippen LogP contribution in [0.25, 0.3) is 55.3 Å². The van der Waals surface area contributed by atoms with Crippen molar-refractivity contribution in [2.75, 3.05) is 5.32 Å². The van der Waals surface area contributed by atoms with Crippen LogP contribution in [0.15, 0.2) is 55.1 Å². The van der Waals surface area contributed by atoms with Crippen LogP contribution in [-0.4, -0.2) is 41.0 Å². The number of thiophene rings is 1. The lowest BCUT2D eigenvalue weighted by Gasteiger charge is -2.06. The molecular formula is C25H20N8OS. The lowest BCUT2D eigenvalue weighted by atomic mass is 10.1. The van der Waals surface area contributed by atoms with Gasteiger partial charge in [-0.3, -0.25) is 14.9 Å². The maximum Gasteiger partial charge on any atom is 0.224 e. The molecule has 35 heavy (non-hydrogen) atoms. The maximum absolute atomic E-state index is 11.8. The lowest BCUT2D eigenvalue weighted by molar-refractivity contribution is -0.115. The molecule has 6 aromatic heterocycles. The van der Waals surface area contributed by atoms with Gasteiger partial charge in [-0.05, 0) is 37.3 Å². The summed E-state index contributed by atoms with van der Waals surface area (Å²) in [5.74, 6) is 0.547. The number of amides is 1. The number of fused-ring (bicyclic) bond motifs is 2. The topological polar surface area (TPSA) is 125 Å². The van der Waals surface area contributed by atoms with E-state index in [1.54, 1.807) is 36.1 Å². The number of aryl methyl sites for hydroxylation is 1. The SMILES string of the molecule is CCC(=O)Nc1cncc(-c2cnc3[nH]nc(-c4nc5c(-c6ccc(C)s6)ccnc5[nH]4)c3c2)c1. The van der Waals surface area contributed by atoms with Crippen LogP contribution in [-0.2, 0) is 4.79 Å². The molecule has 0 aromatic carbocycles. The first-order chi connectivity index (χ1) is 17.1. The molecule has 0 radical (unpaired) electrons. The third-order valence-corrected chi connectivity index (χ3v) is 6.74. The van der Waals surface area contributed by atoms with Crippen molar-refractivity contribution >= 4 is 45.1 Å². The second-order valence-corrected chi connectivity index (χ2v) is 9.40. The number of hydrogen-bond donors (Lipinski definition) is 3. The Bertz CT molecular complexity index is 1710. The normalized spacial score (nSPS) is 11.4. The van der Waals surface area contributed by atoms with Gasteiger partial charge in [-0.2, -0.15) is 5.10 Å². The molecule has 0 spiro atoms. The average Bonchev–Trinajstić information content (AvgIpc) is 3.61. The average molecular weight is 481 g/mol. The van der Waals surface area contributed by atoms with Gasteiger partial charge in [0.1, 0.15) is 11.2 Å². The Labute approximate surface area is 203 Å². The number of aromatic amines is 2. The van der Waals surface area contributed by atoms with Crippen molar-refractivity contribution in [2.24, 2.45) is 0 Å². The van der Waals surface area contributed by atoms with E-state index < -0.39 is 0 Å². The Balaban J connectivity index is 1.43. The molecule has 6 rings (SSSR count). The molecule has 1 amide bonds. The molecule has 3 N–H and O–H groups in total. The summed E-state index contributed by atoms with van der Waals surface area (Å²) in [5, 5.41) is 11.1. The summed E-state index contributed by atoms with van der Waals surface area (Å²) < 4.78 is 0. The Morgan fingerprint density at radius 1 is 1.06 bits per heavy atom. The first-order valence-corrected chi connectivity index (χ1v) is 11.9. The molecule has 0 saturated heterocycles. The summed E-state index contributed by atoms with van der Waals surface area (Å²) in [5.41, 5.74) is 6.17. The smallest absolute Gasteiger partial charge is 0.224 e. The van der Waals surface area contributed by atoms with Crippen LogP contribution in [0.4, 0.5) is 5.69 Å². The number of carbonyl (C=O) groups is 1. The molecule has 0 atom stereocenters. The van der Waals surface area contributed by atoms with Crippen molar-refractivity contribution in [3.05, 3.63) is 60.0 Å². The van der Waals surface area contributed by atoms with Crippen LogP contribution in [0, 0.1) is 6.92 Å². The maximum atomic E-state index is 11.8. The highest BCUT2D eigenvalue weighted by atomic mass is 32.1. The molecule has 172 valence electrons. The quantitative estimate of drug-likeness (QED) is 0.306. The van der Waals surface area contributed by atoms with Gasteiger partial charge >= 0.3 is 0 Å². The van der Waals surface area contributed by atoms with Crippen LogP contribution < -0.4 is 5.32 Å². The highest BCUT2D eigenvalue weighted by molar-refractivity contribution is 7.15. The first kappa shape index (κ1) is 21.1. The summed E-state index contributed by atoms with van der Waals surface area (Å²) in [7, 11) is 0. The fourth-order valence-electron chi connectivity index (χ4n) is 3.96. The number of anilines is 1. The monoisotopic (exact) mass is 480 g/mol. The summed E-state index contributed by atoms with van der Waals surface area (Å²) in [6, 6.07) is 10.1. The second kappa shape index (κ2) is 8.41. The van der Waals surface area contributed by atoms with Crippen molar-refractivity contribution in [3.8, 4) is 33.1 Å². The molecule has 0 unspecified atom stereocenters. The number of pyridine rings is 3. The van der Waals surface area contributed by atoms with Crippen LogP contribution in [0.5, 0.6) is 0 Å². The zero-order valence-electron chi connectivity index (χ0n) is 19.0. The Morgan fingerprint density at radius 3 is 2.77 bits per heavy atom. The van der Waals surface area contributed by atoms with E-state index in [9.17, 15) is 4.79 Å². The van der Waals surface area contributed by atoms with Crippen molar-refractivity contribution in [2.45, 2.75) is 20.3 Å². The number of hydrogen-bond acceptors (Lipinski definition) is 7. The van der Waals surface area contributed by atoms with Crippen molar-refractivity contribution < 1.29 is 4.79 Å². The van der Waals surface area contributed by atoms with E-state index in [0.29, 0.717) is 34.9 Å². The third kappa shape index (κ3) is 3.83. The Kier molecular flexibility index (Phi) is 5.07. The molecule has 6 heterocycles. The van der Waals surface area contributed by atoms with E-state index in [1.807, 2.05) is 25.1 Å². The van der Waals surface area contributed by atoms with E-state index in [0.717, 1.165) is 32.5 Å². The third-order valence-electron chi connectivity index (χ3n) is 5.71. The number of imidazole rings is 1. The van der Waals surface area contributed by atoms with Crippen molar-refractivity contribution in [3.63, 3.8) is 0 Å². The number of H-pyrrole nitrogens is 2. The van der Waals surface area contributed by atoms with Crippen LogP contribution in [0.2, 0.25) is 0 Å². The molecule has 0 aliphatic rings. The standard InChI is InChI=1S/C25H20N8OS/c1-3-20(34)29-16-8-14(10-26-12-16)15-9-18-22(32-33-23(18)28-11-15)25-30-21-17(6-7-27-24(21)31-25)19-5-4-13(2)35-19/h4-12H,3H2,1-2H3,(H,29,34)(H,27,30,31)(H,28,32,33). The van der Waals surface area contributed by atoms with Crippen LogP contribution in [0.3, 0.4) is 0 Å². The first-order valence-electron chi connectivity index (χ1n) is 11.1. The van der Waals surface area contributed by atoms with Crippen LogP contribution >= 0.6 is 11.3 Å². The predicted octanol–water partition coefficient (Wildman–Crippen LogP) is 5.34. The van der Waals surface area contributed by atoms with E-state index in [4.69, 9.17) is 4.98 Å². The molecule has 9 nitrogen and oxygen atoms in total. The highest BCUT2D eigenvalue weighted by Crippen LogP contribution is 2.34. The van der Waals surface area contributed by atoms with E-state index in [2.05, 4.69) is 54.5 Å². The second-order valence-electron chi connectivity index (χ2n) is 8.11. The Hall–Kier alpha value is -4.44. The minimum atomic E-state index is -0.0646. The molecule has 0 aliphatic carbocycles. The van der Waals surface area contributed by atoms with E-state index >= 15 is 0 Å². The predicted molar refractivity (Wildman–Crippen MR) is 137 cm³/mol. The van der Waals surface area contributed by atoms with Gasteiger partial charge in [0.15, 0.2) is 17.1 Å². The van der Waals surface area contributed by atoms with Gasteiger partial charge in [-0.1, -0.05) is 6.92 Å². The van der Waals surface area contributed by atoms with Gasteiger partial charge in [0.25, 0.3) is 0 Å². The van der Waals surface area contributed by atoms with Gasteiger partial charge in [0.05, 0.1) is 17.3 Å². The zero-order chi connectivity index (χ0) is 23.9. The van der Waals surface area contributed by atoms with Crippen molar-refractivity contribution in [1.82, 2.24) is 35.1 Å². The summed E-state index contributed by atoms with van der Waals surface area (Å²) in [4.78, 5) is 35.6. The molecule has 10 heteroatoms. The van der Waals surface area contributed by atoms with Gasteiger partial charge < -0.3 is 10.3 Å². The van der Waals surface area contributed by atoms with Gasteiger partial charge in [-0.15, -0.1) is 11.3 Å². The molecule has 0 fully saturated rings. The number of aromatic nitrogens is 7. The summed E-state index contributed by atoms with van der Waals surface area (Å²) in [6.07, 6.45) is 7.31. The van der Waals surface area contributed by atoms with Crippen molar-refractivity contribution in [1.29, 1.82) is 0 Å². The molecular weight excluding hydrogens is 460 g/mol. The van der Waals surface area contributed by atoms with Gasteiger partial charge in [0, 0.05) is 51.5 Å². The van der Waals surface area contributed by atoms with Gasteiger partial charge in [-0.25, -0.2) is 15.0 Å². The molecule has 6 aromatic rings. The van der Waals surface area contributed by atoms with Gasteiger partial charge in [0.2, 0.25) is 5.91 Å². The molecule has 0 saturated carbocycles. The molecule has 0 aliphatic heterocycles. The highest BCUT2D eigenvalue weighted by Gasteiger charge is 2.17. The minimum Gasteiger partial charge on any atom is -0.325 e. The number of carbonyl (C=O) groups excluding carboxylic acids is 1. The minimum absolute atomic E-state index is 0.0646. The summed E-state index contributed by atoms with van der Waals surface area (Å²) >= 11 is 1.73. The number of nitrogens with one attached hydrogen (secondary N) is 3. The largest absolute Gasteiger partial charge is 0.325 e.